The summed E-state index contributed by atoms with van der Waals surface area (Å²) >= 11 is 0. The molecule has 3 aromatic rings. The smallest absolute Gasteiger partial charge is 0.262 e. The molecule has 7 nitrogen and oxygen atoms in total. The van der Waals surface area contributed by atoms with Gasteiger partial charge in [0.25, 0.3) is 11.8 Å². The summed E-state index contributed by atoms with van der Waals surface area (Å²) in [5.74, 6) is -1.30. The summed E-state index contributed by atoms with van der Waals surface area (Å²) in [4.78, 5) is 28.2. The van der Waals surface area contributed by atoms with Crippen LogP contribution in [-0.2, 0) is 9.53 Å². The Hall–Kier alpha value is -4.11. The summed E-state index contributed by atoms with van der Waals surface area (Å²) in [6.07, 6.45) is 0.123. The molecule has 0 N–H and O–H groups in total. The van der Waals surface area contributed by atoms with E-state index in [1.165, 1.54) is 31.3 Å². The molecule has 192 valence electrons. The fraction of sp³-hybridized carbons (Fsp3) is 0.250. The lowest BCUT2D eigenvalue weighted by molar-refractivity contribution is -0.133. The maximum atomic E-state index is 14.8. The second kappa shape index (κ2) is 11.7. The van der Waals surface area contributed by atoms with Crippen molar-refractivity contribution in [3.8, 4) is 5.75 Å². The van der Waals surface area contributed by atoms with Crippen molar-refractivity contribution in [3.63, 3.8) is 0 Å². The van der Waals surface area contributed by atoms with Gasteiger partial charge in [0.1, 0.15) is 23.9 Å². The molecule has 0 aliphatic carbocycles. The number of ether oxygens (including phenoxy) is 2. The topological polar surface area (TPSA) is 71.4 Å². The van der Waals surface area contributed by atoms with Crippen LogP contribution in [0.5, 0.6) is 5.75 Å². The van der Waals surface area contributed by atoms with Crippen molar-refractivity contribution in [1.82, 2.24) is 9.91 Å². The molecule has 2 amide bonds. The largest absolute Gasteiger partial charge is 0.497 e. The van der Waals surface area contributed by atoms with E-state index in [0.29, 0.717) is 17.0 Å². The summed E-state index contributed by atoms with van der Waals surface area (Å²) in [7, 11) is 3.02. The van der Waals surface area contributed by atoms with Crippen LogP contribution >= 0.6 is 0 Å². The SMILES string of the molecule is COCCN(CC(=O)N1N=C(c2ccccc2F)CC1c1ccccc1F)C(=O)c1ccc(OC)cc1. The van der Waals surface area contributed by atoms with Crippen molar-refractivity contribution >= 4 is 17.5 Å². The van der Waals surface area contributed by atoms with Crippen LogP contribution in [0.15, 0.2) is 77.9 Å². The van der Waals surface area contributed by atoms with Gasteiger partial charge in [0, 0.05) is 36.8 Å². The first-order chi connectivity index (χ1) is 17.9. The summed E-state index contributed by atoms with van der Waals surface area (Å²) in [6, 6.07) is 17.9. The van der Waals surface area contributed by atoms with E-state index in [4.69, 9.17) is 9.47 Å². The molecule has 0 radical (unpaired) electrons. The highest BCUT2D eigenvalue weighted by molar-refractivity contribution is 6.04. The minimum atomic E-state index is -0.788. The van der Waals surface area contributed by atoms with Gasteiger partial charge in [-0.1, -0.05) is 36.4 Å². The van der Waals surface area contributed by atoms with Crippen LogP contribution in [0.1, 0.15) is 33.9 Å². The maximum Gasteiger partial charge on any atom is 0.262 e. The number of carbonyl (C=O) groups excluding carboxylic acids is 2. The number of nitrogens with zero attached hydrogens (tertiary/aromatic N) is 3. The third-order valence-electron chi connectivity index (χ3n) is 6.13. The average Bonchev–Trinajstić information content (AvgIpc) is 3.36. The van der Waals surface area contributed by atoms with Crippen molar-refractivity contribution in [3.05, 3.63) is 101 Å². The lowest BCUT2D eigenvalue weighted by atomic mass is 9.97. The average molecular weight is 508 g/mol. The Kier molecular flexibility index (Phi) is 8.25. The molecule has 1 aliphatic heterocycles. The van der Waals surface area contributed by atoms with E-state index in [-0.39, 0.29) is 43.2 Å². The van der Waals surface area contributed by atoms with Crippen LogP contribution in [-0.4, -0.2) is 61.4 Å². The van der Waals surface area contributed by atoms with Crippen molar-refractivity contribution in [2.45, 2.75) is 12.5 Å². The van der Waals surface area contributed by atoms with Gasteiger partial charge in [-0.15, -0.1) is 0 Å². The third-order valence-corrected chi connectivity index (χ3v) is 6.13. The van der Waals surface area contributed by atoms with Crippen molar-refractivity contribution in [1.29, 1.82) is 0 Å². The summed E-state index contributed by atoms with van der Waals surface area (Å²) < 4.78 is 39.6. The van der Waals surface area contributed by atoms with Crippen molar-refractivity contribution in [2.24, 2.45) is 5.10 Å². The van der Waals surface area contributed by atoms with Crippen LogP contribution in [0.4, 0.5) is 8.78 Å². The first kappa shape index (κ1) is 26.0. The quantitative estimate of drug-likeness (QED) is 0.429. The van der Waals surface area contributed by atoms with Gasteiger partial charge in [0.05, 0.1) is 25.5 Å². The van der Waals surface area contributed by atoms with Gasteiger partial charge in [-0.05, 0) is 36.4 Å². The predicted octanol–water partition coefficient (Wildman–Crippen LogP) is 4.44. The normalized spacial score (nSPS) is 14.9. The number of benzene rings is 3. The molecule has 37 heavy (non-hydrogen) atoms. The Balaban J connectivity index is 1.64. The number of methoxy groups -OCH3 is 2. The second-order valence-electron chi connectivity index (χ2n) is 8.45. The standard InChI is InChI=1S/C28H27F2N3O4/c1-36-16-15-32(28(35)19-11-13-20(37-2)14-12-19)18-27(34)33-26(22-8-4-6-10-24(22)30)17-25(31-33)21-7-3-5-9-23(21)29/h3-14,26H,15-18H2,1-2H3. The zero-order valence-corrected chi connectivity index (χ0v) is 20.6. The highest BCUT2D eigenvalue weighted by Crippen LogP contribution is 2.34. The molecule has 1 aliphatic rings. The van der Waals surface area contributed by atoms with Crippen molar-refractivity contribution < 1.29 is 27.8 Å². The zero-order chi connectivity index (χ0) is 26.4. The number of rotatable bonds is 9. The molecule has 1 heterocycles. The molecule has 4 rings (SSSR count). The minimum absolute atomic E-state index is 0.123. The maximum absolute atomic E-state index is 14.8. The van der Waals surface area contributed by atoms with Gasteiger partial charge < -0.3 is 14.4 Å². The fourth-order valence-corrected chi connectivity index (χ4v) is 4.19. The highest BCUT2D eigenvalue weighted by atomic mass is 19.1. The van der Waals surface area contributed by atoms with Gasteiger partial charge in [-0.25, -0.2) is 13.8 Å². The Morgan fingerprint density at radius 1 is 0.973 bits per heavy atom. The lowest BCUT2D eigenvalue weighted by Crippen LogP contribution is -2.42. The number of halogens is 2. The first-order valence-corrected chi connectivity index (χ1v) is 11.7. The van der Waals surface area contributed by atoms with Crippen LogP contribution < -0.4 is 4.74 Å². The van der Waals surface area contributed by atoms with Gasteiger partial charge in [0.15, 0.2) is 0 Å². The van der Waals surface area contributed by atoms with E-state index in [1.54, 1.807) is 60.7 Å². The zero-order valence-electron chi connectivity index (χ0n) is 20.6. The molecular formula is C28H27F2N3O4. The first-order valence-electron chi connectivity index (χ1n) is 11.7. The van der Waals surface area contributed by atoms with E-state index in [9.17, 15) is 18.4 Å². The molecule has 3 aromatic carbocycles. The number of hydrogen-bond acceptors (Lipinski definition) is 5. The second-order valence-corrected chi connectivity index (χ2v) is 8.45. The fourth-order valence-electron chi connectivity index (χ4n) is 4.19. The van der Waals surface area contributed by atoms with Gasteiger partial charge >= 0.3 is 0 Å². The monoisotopic (exact) mass is 507 g/mol. The van der Waals surface area contributed by atoms with Gasteiger partial charge in [0.2, 0.25) is 0 Å². The molecule has 0 bridgehead atoms. The molecule has 0 fully saturated rings. The Morgan fingerprint density at radius 2 is 1.65 bits per heavy atom. The Labute approximate surface area is 213 Å². The van der Waals surface area contributed by atoms with Crippen LogP contribution in [0.25, 0.3) is 0 Å². The molecule has 1 unspecified atom stereocenters. The Bertz CT molecular complexity index is 1300. The molecular weight excluding hydrogens is 480 g/mol. The number of hydrazone groups is 1. The number of carbonyl (C=O) groups is 2. The van der Waals surface area contributed by atoms with Gasteiger partial charge in [-0.2, -0.15) is 5.10 Å². The predicted molar refractivity (Wildman–Crippen MR) is 134 cm³/mol. The molecule has 0 saturated carbocycles. The van der Waals surface area contributed by atoms with E-state index >= 15 is 0 Å². The van der Waals surface area contributed by atoms with Gasteiger partial charge in [-0.3, -0.25) is 9.59 Å². The van der Waals surface area contributed by atoms with Crippen LogP contribution in [0.3, 0.4) is 0 Å². The molecule has 9 heteroatoms. The summed E-state index contributed by atoms with van der Waals surface area (Å²) in [6.45, 7) is 0.0259. The number of amides is 2. The Morgan fingerprint density at radius 3 is 2.30 bits per heavy atom. The van der Waals surface area contributed by atoms with Crippen molar-refractivity contribution in [2.75, 3.05) is 33.9 Å². The van der Waals surface area contributed by atoms with Crippen LogP contribution in [0.2, 0.25) is 0 Å². The van der Waals surface area contributed by atoms with Crippen LogP contribution in [0, 0.1) is 11.6 Å². The summed E-state index contributed by atoms with van der Waals surface area (Å²) in [5, 5.41) is 5.57. The van der Waals surface area contributed by atoms with E-state index in [2.05, 4.69) is 5.10 Å². The molecule has 0 saturated heterocycles. The summed E-state index contributed by atoms with van der Waals surface area (Å²) in [5.41, 5.74) is 1.19. The molecule has 1 atom stereocenters. The molecule has 0 spiro atoms. The van der Waals surface area contributed by atoms with E-state index in [0.717, 1.165) is 5.01 Å². The van der Waals surface area contributed by atoms with E-state index < -0.39 is 23.6 Å². The lowest BCUT2D eigenvalue weighted by Gasteiger charge is -2.27. The molecule has 0 aromatic heterocycles. The third kappa shape index (κ3) is 5.83. The highest BCUT2D eigenvalue weighted by Gasteiger charge is 2.36. The minimum Gasteiger partial charge on any atom is -0.497 e. The van der Waals surface area contributed by atoms with E-state index in [1.807, 2.05) is 0 Å². The number of hydrogen-bond donors (Lipinski definition) is 0.